The summed E-state index contributed by atoms with van der Waals surface area (Å²) < 4.78 is 11.6. The molecule has 0 saturated carbocycles. The molecule has 4 aromatic carbocycles. The fourth-order valence-electron chi connectivity index (χ4n) is 3.59. The van der Waals surface area contributed by atoms with Crippen molar-refractivity contribution in [2.75, 3.05) is 12.4 Å². The van der Waals surface area contributed by atoms with E-state index in [4.69, 9.17) is 9.47 Å². The Balaban J connectivity index is 1.57. The van der Waals surface area contributed by atoms with Crippen molar-refractivity contribution in [1.29, 1.82) is 0 Å². The van der Waals surface area contributed by atoms with Crippen LogP contribution in [0.15, 0.2) is 78.9 Å². The molecule has 0 aliphatic heterocycles. The van der Waals surface area contributed by atoms with Crippen molar-refractivity contribution in [2.24, 2.45) is 0 Å². The Hall–Kier alpha value is -3.79. The highest BCUT2D eigenvalue weighted by Crippen LogP contribution is 2.28. The van der Waals surface area contributed by atoms with E-state index in [1.165, 1.54) is 0 Å². The number of aryl methyl sites for hydroxylation is 1. The highest BCUT2D eigenvalue weighted by atomic mass is 16.5. The molecule has 0 unspecified atom stereocenters. The molecule has 4 rings (SSSR count). The normalized spacial score (nSPS) is 10.7. The molecule has 0 radical (unpaired) electrons. The van der Waals surface area contributed by atoms with Gasteiger partial charge in [0.15, 0.2) is 0 Å². The summed E-state index contributed by atoms with van der Waals surface area (Å²) in [6, 6.07) is 25.4. The third-order valence-electron chi connectivity index (χ3n) is 5.53. The second-order valence-corrected chi connectivity index (χ2v) is 7.49. The van der Waals surface area contributed by atoms with Crippen LogP contribution in [0, 0.1) is 13.8 Å². The average molecular weight is 412 g/mol. The maximum Gasteiger partial charge on any atom is 0.255 e. The van der Waals surface area contributed by atoms with Crippen molar-refractivity contribution in [3.8, 4) is 11.5 Å². The van der Waals surface area contributed by atoms with Crippen LogP contribution < -0.4 is 14.8 Å². The first-order valence-corrected chi connectivity index (χ1v) is 10.2. The van der Waals surface area contributed by atoms with E-state index in [0.29, 0.717) is 17.9 Å². The molecular formula is C27H25NO3. The van der Waals surface area contributed by atoms with Gasteiger partial charge in [0.25, 0.3) is 5.91 Å². The van der Waals surface area contributed by atoms with Gasteiger partial charge in [-0.25, -0.2) is 0 Å². The van der Waals surface area contributed by atoms with E-state index in [2.05, 4.69) is 17.4 Å². The quantitative estimate of drug-likeness (QED) is 0.405. The molecular weight excluding hydrogens is 386 g/mol. The molecule has 31 heavy (non-hydrogen) atoms. The van der Waals surface area contributed by atoms with Gasteiger partial charge in [0, 0.05) is 22.2 Å². The molecule has 4 nitrogen and oxygen atoms in total. The molecule has 0 aromatic heterocycles. The molecule has 1 amide bonds. The molecule has 1 N–H and O–H groups in total. The lowest BCUT2D eigenvalue weighted by atomic mass is 10.1. The third kappa shape index (κ3) is 4.38. The number of nitrogens with one attached hydrogen (secondary N) is 1. The van der Waals surface area contributed by atoms with Gasteiger partial charge in [-0.15, -0.1) is 0 Å². The SMILES string of the molecule is COc1ccc(C(=O)Nc2cccc(C)c2C)cc1COc1cccc2ccccc12. The second kappa shape index (κ2) is 8.92. The number of benzene rings is 4. The molecule has 4 heteroatoms. The summed E-state index contributed by atoms with van der Waals surface area (Å²) in [5, 5.41) is 5.18. The van der Waals surface area contributed by atoms with Gasteiger partial charge >= 0.3 is 0 Å². The summed E-state index contributed by atoms with van der Waals surface area (Å²) >= 11 is 0. The summed E-state index contributed by atoms with van der Waals surface area (Å²) in [6.07, 6.45) is 0. The number of carbonyl (C=O) groups excluding carboxylic acids is 1. The van der Waals surface area contributed by atoms with Crippen LogP contribution in [0.4, 0.5) is 5.69 Å². The molecule has 0 spiro atoms. The summed E-state index contributed by atoms with van der Waals surface area (Å²) in [6.45, 7) is 4.32. The van der Waals surface area contributed by atoms with Gasteiger partial charge in [0.2, 0.25) is 0 Å². The van der Waals surface area contributed by atoms with Crippen molar-refractivity contribution < 1.29 is 14.3 Å². The first-order valence-electron chi connectivity index (χ1n) is 10.2. The largest absolute Gasteiger partial charge is 0.496 e. The van der Waals surface area contributed by atoms with E-state index in [9.17, 15) is 4.79 Å². The molecule has 156 valence electrons. The molecule has 0 aliphatic carbocycles. The Morgan fingerprint density at radius 2 is 1.65 bits per heavy atom. The Labute approximate surface area is 182 Å². The summed E-state index contributed by atoms with van der Waals surface area (Å²) in [4.78, 5) is 12.9. The Morgan fingerprint density at radius 1 is 0.871 bits per heavy atom. The highest BCUT2D eigenvalue weighted by molar-refractivity contribution is 6.05. The Bertz CT molecular complexity index is 1240. The van der Waals surface area contributed by atoms with E-state index >= 15 is 0 Å². The van der Waals surface area contributed by atoms with Gasteiger partial charge in [-0.2, -0.15) is 0 Å². The predicted molar refractivity (Wildman–Crippen MR) is 125 cm³/mol. The minimum atomic E-state index is -0.164. The maximum absolute atomic E-state index is 12.9. The van der Waals surface area contributed by atoms with Crippen LogP contribution in [0.2, 0.25) is 0 Å². The van der Waals surface area contributed by atoms with Crippen molar-refractivity contribution in [2.45, 2.75) is 20.5 Å². The van der Waals surface area contributed by atoms with Crippen LogP contribution >= 0.6 is 0 Å². The number of fused-ring (bicyclic) bond motifs is 1. The molecule has 0 fully saturated rings. The van der Waals surface area contributed by atoms with E-state index in [1.54, 1.807) is 19.2 Å². The Kier molecular flexibility index (Phi) is 5.89. The standard InChI is InChI=1S/C27H25NO3/c1-18-8-6-12-24(19(18)2)28-27(29)21-14-15-25(30-3)22(16-21)17-31-26-13-7-10-20-9-4-5-11-23(20)26/h4-16H,17H2,1-3H3,(H,28,29). The van der Waals surface area contributed by atoms with E-state index in [0.717, 1.165) is 38.9 Å². The number of amides is 1. The minimum Gasteiger partial charge on any atom is -0.496 e. The van der Waals surface area contributed by atoms with Crippen LogP contribution in [-0.2, 0) is 6.61 Å². The zero-order chi connectivity index (χ0) is 21.8. The fourth-order valence-corrected chi connectivity index (χ4v) is 3.59. The van der Waals surface area contributed by atoms with Gasteiger partial charge in [-0.05, 0) is 60.7 Å². The van der Waals surface area contributed by atoms with Gasteiger partial charge in [-0.3, -0.25) is 4.79 Å². The zero-order valence-electron chi connectivity index (χ0n) is 17.9. The van der Waals surface area contributed by atoms with E-state index < -0.39 is 0 Å². The minimum absolute atomic E-state index is 0.164. The first-order chi connectivity index (χ1) is 15.1. The number of ether oxygens (including phenoxy) is 2. The van der Waals surface area contributed by atoms with E-state index in [-0.39, 0.29) is 5.91 Å². The summed E-state index contributed by atoms with van der Waals surface area (Å²) in [7, 11) is 1.62. The number of anilines is 1. The monoisotopic (exact) mass is 411 g/mol. The van der Waals surface area contributed by atoms with Crippen molar-refractivity contribution in [1.82, 2.24) is 0 Å². The maximum atomic E-state index is 12.9. The molecule has 0 atom stereocenters. The van der Waals surface area contributed by atoms with Crippen LogP contribution in [0.5, 0.6) is 11.5 Å². The molecule has 0 saturated heterocycles. The van der Waals surface area contributed by atoms with Gasteiger partial charge < -0.3 is 14.8 Å². The molecule has 4 aromatic rings. The fraction of sp³-hybridized carbons (Fsp3) is 0.148. The lowest BCUT2D eigenvalue weighted by Crippen LogP contribution is -2.14. The average Bonchev–Trinajstić information content (AvgIpc) is 2.80. The highest BCUT2D eigenvalue weighted by Gasteiger charge is 2.13. The number of hydrogen-bond donors (Lipinski definition) is 1. The van der Waals surface area contributed by atoms with E-state index in [1.807, 2.05) is 68.4 Å². The smallest absolute Gasteiger partial charge is 0.255 e. The lowest BCUT2D eigenvalue weighted by molar-refractivity contribution is 0.102. The van der Waals surface area contributed by atoms with Crippen LogP contribution in [0.25, 0.3) is 10.8 Å². The second-order valence-electron chi connectivity index (χ2n) is 7.49. The van der Waals surface area contributed by atoms with Gasteiger partial charge in [-0.1, -0.05) is 48.5 Å². The third-order valence-corrected chi connectivity index (χ3v) is 5.53. The molecule has 0 heterocycles. The summed E-state index contributed by atoms with van der Waals surface area (Å²) in [5.41, 5.74) is 4.37. The lowest BCUT2D eigenvalue weighted by Gasteiger charge is -2.14. The number of carbonyl (C=O) groups is 1. The van der Waals surface area contributed by atoms with Crippen LogP contribution in [-0.4, -0.2) is 13.0 Å². The van der Waals surface area contributed by atoms with Crippen LogP contribution in [0.3, 0.4) is 0 Å². The first kappa shape index (κ1) is 20.5. The number of hydrogen-bond acceptors (Lipinski definition) is 3. The molecule has 0 bridgehead atoms. The van der Waals surface area contributed by atoms with Gasteiger partial charge in [0.05, 0.1) is 7.11 Å². The van der Waals surface area contributed by atoms with Gasteiger partial charge in [0.1, 0.15) is 18.1 Å². The van der Waals surface area contributed by atoms with Crippen molar-refractivity contribution in [3.63, 3.8) is 0 Å². The van der Waals surface area contributed by atoms with Crippen molar-refractivity contribution >= 4 is 22.4 Å². The zero-order valence-corrected chi connectivity index (χ0v) is 17.9. The van der Waals surface area contributed by atoms with Crippen LogP contribution in [0.1, 0.15) is 27.0 Å². The molecule has 0 aliphatic rings. The topological polar surface area (TPSA) is 47.6 Å². The number of methoxy groups -OCH3 is 1. The Morgan fingerprint density at radius 3 is 2.48 bits per heavy atom. The summed E-state index contributed by atoms with van der Waals surface area (Å²) in [5.74, 6) is 1.32. The number of rotatable bonds is 6. The predicted octanol–water partition coefficient (Wildman–Crippen LogP) is 6.30. The van der Waals surface area contributed by atoms with Crippen molar-refractivity contribution in [3.05, 3.63) is 101 Å².